The van der Waals surface area contributed by atoms with Gasteiger partial charge in [-0.05, 0) is 48.6 Å². The molecule has 2 rings (SSSR count). The second kappa shape index (κ2) is 14.3. The summed E-state index contributed by atoms with van der Waals surface area (Å²) >= 11 is 4.21. The van der Waals surface area contributed by atoms with Gasteiger partial charge in [-0.1, -0.05) is 77.7 Å². The number of thiol groups is 1. The minimum Gasteiger partial charge on any atom is -0.493 e. The summed E-state index contributed by atoms with van der Waals surface area (Å²) < 4.78 is 5.71. The predicted octanol–water partition coefficient (Wildman–Crippen LogP) is 6.91. The van der Waals surface area contributed by atoms with Crippen LogP contribution in [0.2, 0.25) is 0 Å². The van der Waals surface area contributed by atoms with Crippen LogP contribution in [0.15, 0.2) is 18.2 Å². The number of rotatable bonds is 15. The van der Waals surface area contributed by atoms with Gasteiger partial charge < -0.3 is 4.74 Å². The fraction of sp³-hybridized carbons (Fsp3) is 0.760. The highest BCUT2D eigenvalue weighted by molar-refractivity contribution is 7.80. The van der Waals surface area contributed by atoms with E-state index in [1.165, 1.54) is 88.4 Å². The number of ether oxygens (including phenoxy) is 1. The molecule has 2 nitrogen and oxygen atoms in total. The largest absolute Gasteiger partial charge is 0.493 e. The van der Waals surface area contributed by atoms with Crippen LogP contribution in [0, 0.1) is 5.92 Å². The zero-order chi connectivity index (χ0) is 20.0. The molecule has 0 bridgehead atoms. The van der Waals surface area contributed by atoms with E-state index in [0.717, 1.165) is 30.4 Å². The molecule has 1 aliphatic heterocycles. The molecule has 0 spiro atoms. The molecule has 0 saturated heterocycles. The number of hydrogen-bond donors (Lipinski definition) is 1. The molecule has 1 heterocycles. The van der Waals surface area contributed by atoms with Crippen molar-refractivity contribution < 1.29 is 4.74 Å². The standard InChI is InChI=1S/C25H43NOS/c1-22(2)12-10-8-6-4-3-5-7-9-11-16-26-17-15-23-20-25(27-18-19-28)14-13-24(23)21-26/h13-14,20,22,28H,3-12,15-19,21H2,1-2H3. The average Bonchev–Trinajstić information content (AvgIpc) is 2.70. The van der Waals surface area contributed by atoms with Crippen LogP contribution >= 0.6 is 12.6 Å². The topological polar surface area (TPSA) is 12.5 Å². The Morgan fingerprint density at radius 1 is 0.929 bits per heavy atom. The van der Waals surface area contributed by atoms with Crippen molar-refractivity contribution in [3.63, 3.8) is 0 Å². The Labute approximate surface area is 179 Å². The molecule has 0 amide bonds. The fourth-order valence-electron chi connectivity index (χ4n) is 4.16. The lowest BCUT2D eigenvalue weighted by atomic mass is 9.99. The van der Waals surface area contributed by atoms with Crippen molar-refractivity contribution in [3.05, 3.63) is 29.3 Å². The Balaban J connectivity index is 1.48. The molecule has 1 aliphatic rings. The second-order valence-corrected chi connectivity index (χ2v) is 9.34. The molecule has 28 heavy (non-hydrogen) atoms. The van der Waals surface area contributed by atoms with Crippen LogP contribution in [0.25, 0.3) is 0 Å². The van der Waals surface area contributed by atoms with Gasteiger partial charge in [0.2, 0.25) is 0 Å². The van der Waals surface area contributed by atoms with Crippen LogP contribution in [-0.4, -0.2) is 30.3 Å². The summed E-state index contributed by atoms with van der Waals surface area (Å²) in [5.74, 6) is 2.65. The highest BCUT2D eigenvalue weighted by Gasteiger charge is 2.16. The number of benzene rings is 1. The van der Waals surface area contributed by atoms with Crippen LogP contribution in [0.4, 0.5) is 0 Å². The molecule has 0 aromatic heterocycles. The fourth-order valence-corrected chi connectivity index (χ4v) is 4.25. The summed E-state index contributed by atoms with van der Waals surface area (Å²) in [4.78, 5) is 2.63. The summed E-state index contributed by atoms with van der Waals surface area (Å²) in [6.07, 6.45) is 15.4. The lowest BCUT2D eigenvalue weighted by Gasteiger charge is -2.29. The van der Waals surface area contributed by atoms with E-state index in [1.54, 1.807) is 0 Å². The Morgan fingerprint density at radius 3 is 2.29 bits per heavy atom. The first-order valence-corrected chi connectivity index (χ1v) is 12.4. The van der Waals surface area contributed by atoms with Crippen molar-refractivity contribution in [2.45, 2.75) is 91.0 Å². The van der Waals surface area contributed by atoms with Gasteiger partial charge >= 0.3 is 0 Å². The van der Waals surface area contributed by atoms with E-state index in [-0.39, 0.29) is 0 Å². The summed E-state index contributed by atoms with van der Waals surface area (Å²) in [5, 5.41) is 0. The van der Waals surface area contributed by atoms with Gasteiger partial charge in [-0.15, -0.1) is 0 Å². The van der Waals surface area contributed by atoms with E-state index in [9.17, 15) is 0 Å². The van der Waals surface area contributed by atoms with E-state index in [4.69, 9.17) is 4.74 Å². The molecule has 0 radical (unpaired) electrons. The highest BCUT2D eigenvalue weighted by Crippen LogP contribution is 2.24. The second-order valence-electron chi connectivity index (χ2n) is 8.89. The quantitative estimate of drug-likeness (QED) is 0.251. The van der Waals surface area contributed by atoms with Crippen LogP contribution < -0.4 is 4.74 Å². The van der Waals surface area contributed by atoms with Crippen molar-refractivity contribution in [1.29, 1.82) is 0 Å². The maximum Gasteiger partial charge on any atom is 0.119 e. The van der Waals surface area contributed by atoms with Crippen molar-refractivity contribution in [3.8, 4) is 5.75 Å². The zero-order valence-corrected chi connectivity index (χ0v) is 19.3. The summed E-state index contributed by atoms with van der Waals surface area (Å²) in [6.45, 7) is 8.91. The van der Waals surface area contributed by atoms with E-state index >= 15 is 0 Å². The molecule has 0 unspecified atom stereocenters. The van der Waals surface area contributed by atoms with Crippen molar-refractivity contribution in [1.82, 2.24) is 4.90 Å². The minimum atomic E-state index is 0.687. The molecule has 0 aliphatic carbocycles. The van der Waals surface area contributed by atoms with Crippen LogP contribution in [-0.2, 0) is 13.0 Å². The van der Waals surface area contributed by atoms with Crippen LogP contribution in [0.3, 0.4) is 0 Å². The third kappa shape index (κ3) is 9.69. The number of hydrogen-bond acceptors (Lipinski definition) is 3. The van der Waals surface area contributed by atoms with Gasteiger partial charge in [0.05, 0.1) is 6.61 Å². The Bertz CT molecular complexity index is 531. The van der Waals surface area contributed by atoms with Gasteiger partial charge in [0.1, 0.15) is 5.75 Å². The summed E-state index contributed by atoms with van der Waals surface area (Å²) in [7, 11) is 0. The van der Waals surface area contributed by atoms with E-state index in [0.29, 0.717) is 6.61 Å². The van der Waals surface area contributed by atoms with E-state index < -0.39 is 0 Å². The molecule has 0 saturated carbocycles. The first-order valence-electron chi connectivity index (χ1n) is 11.8. The maximum atomic E-state index is 5.71. The van der Waals surface area contributed by atoms with Crippen molar-refractivity contribution in [2.75, 3.05) is 25.4 Å². The molecule has 0 atom stereocenters. The normalized spacial score (nSPS) is 14.4. The van der Waals surface area contributed by atoms with E-state index in [1.807, 2.05) is 0 Å². The maximum absolute atomic E-state index is 5.71. The lowest BCUT2D eigenvalue weighted by molar-refractivity contribution is 0.247. The predicted molar refractivity (Wildman–Crippen MR) is 126 cm³/mol. The van der Waals surface area contributed by atoms with Gasteiger partial charge in [0, 0.05) is 18.8 Å². The van der Waals surface area contributed by atoms with Crippen LogP contribution in [0.1, 0.15) is 89.2 Å². The summed E-state index contributed by atoms with van der Waals surface area (Å²) in [6, 6.07) is 6.62. The SMILES string of the molecule is CC(C)CCCCCCCCCCCN1CCc2cc(OCCS)ccc2C1. The molecule has 160 valence electrons. The average molecular weight is 406 g/mol. The highest BCUT2D eigenvalue weighted by atomic mass is 32.1. The van der Waals surface area contributed by atoms with Crippen molar-refractivity contribution >= 4 is 12.6 Å². The molecule has 3 heteroatoms. The molecular formula is C25H43NOS. The van der Waals surface area contributed by atoms with Gasteiger partial charge in [-0.25, -0.2) is 0 Å². The number of nitrogens with zero attached hydrogens (tertiary/aromatic N) is 1. The van der Waals surface area contributed by atoms with Gasteiger partial charge in [0.25, 0.3) is 0 Å². The monoisotopic (exact) mass is 405 g/mol. The Hall–Kier alpha value is -0.670. The van der Waals surface area contributed by atoms with Crippen LogP contribution in [0.5, 0.6) is 5.75 Å². The van der Waals surface area contributed by atoms with Gasteiger partial charge in [0.15, 0.2) is 0 Å². The zero-order valence-electron chi connectivity index (χ0n) is 18.4. The smallest absolute Gasteiger partial charge is 0.119 e. The minimum absolute atomic E-state index is 0.687. The summed E-state index contributed by atoms with van der Waals surface area (Å²) in [5.41, 5.74) is 2.96. The molecule has 0 fully saturated rings. The van der Waals surface area contributed by atoms with Crippen molar-refractivity contribution in [2.24, 2.45) is 5.92 Å². The van der Waals surface area contributed by atoms with Gasteiger partial charge in [-0.2, -0.15) is 12.6 Å². The third-order valence-corrected chi connectivity index (χ3v) is 6.07. The molecule has 1 aromatic carbocycles. The first kappa shape index (κ1) is 23.6. The van der Waals surface area contributed by atoms with E-state index in [2.05, 4.69) is 49.6 Å². The number of fused-ring (bicyclic) bond motifs is 1. The molecular weight excluding hydrogens is 362 g/mol. The Kier molecular flexibility index (Phi) is 12.1. The first-order chi connectivity index (χ1) is 13.7. The third-order valence-electron chi connectivity index (χ3n) is 5.88. The van der Waals surface area contributed by atoms with Gasteiger partial charge in [-0.3, -0.25) is 4.90 Å². The molecule has 0 N–H and O–H groups in total. The molecule has 1 aromatic rings. The lowest BCUT2D eigenvalue weighted by Crippen LogP contribution is -2.31. The Morgan fingerprint density at radius 2 is 1.61 bits per heavy atom. The number of unbranched alkanes of at least 4 members (excludes halogenated alkanes) is 8.